The second kappa shape index (κ2) is 7.97. The summed E-state index contributed by atoms with van der Waals surface area (Å²) in [5.41, 5.74) is 1.78. The highest BCUT2D eigenvalue weighted by Crippen LogP contribution is 2.32. The van der Waals surface area contributed by atoms with Gasteiger partial charge in [-0.2, -0.15) is 0 Å². The van der Waals surface area contributed by atoms with Crippen LogP contribution in [0.4, 0.5) is 0 Å². The molecular weight excluding hydrogens is 336 g/mol. The van der Waals surface area contributed by atoms with E-state index in [4.69, 9.17) is 9.84 Å². The zero-order valence-corrected chi connectivity index (χ0v) is 15.5. The van der Waals surface area contributed by atoms with Crippen LogP contribution in [0.3, 0.4) is 0 Å². The van der Waals surface area contributed by atoms with Crippen LogP contribution in [-0.4, -0.2) is 26.9 Å². The van der Waals surface area contributed by atoms with Crippen molar-refractivity contribution in [2.45, 2.75) is 52.5 Å². The Morgan fingerprint density at radius 1 is 1.36 bits per heavy atom. The molecule has 0 aliphatic heterocycles. The van der Waals surface area contributed by atoms with Gasteiger partial charge in [0, 0.05) is 23.9 Å². The first-order chi connectivity index (χ1) is 12.1. The molecule has 2 aromatic rings. The molecule has 3 rings (SSSR count). The fraction of sp³-hybridized carbons (Fsp3) is 0.474. The highest BCUT2D eigenvalue weighted by Gasteiger charge is 2.34. The van der Waals surface area contributed by atoms with E-state index >= 15 is 0 Å². The van der Waals surface area contributed by atoms with Crippen molar-refractivity contribution >= 4 is 17.2 Å². The van der Waals surface area contributed by atoms with E-state index in [2.05, 4.69) is 18.8 Å². The Hall–Kier alpha value is -1.92. The third-order valence-corrected chi connectivity index (χ3v) is 5.10. The number of aromatic nitrogens is 1. The van der Waals surface area contributed by atoms with E-state index in [0.717, 1.165) is 29.2 Å². The molecule has 1 aromatic heterocycles. The summed E-state index contributed by atoms with van der Waals surface area (Å²) < 4.78 is 5.74. The van der Waals surface area contributed by atoms with Gasteiger partial charge >= 0.3 is 0 Å². The maximum absolute atomic E-state index is 12.4. The summed E-state index contributed by atoms with van der Waals surface area (Å²) in [6.45, 7) is 5.11. The molecule has 1 aliphatic rings. The summed E-state index contributed by atoms with van der Waals surface area (Å²) in [7, 11) is 0. The molecule has 0 saturated heterocycles. The van der Waals surface area contributed by atoms with Crippen molar-refractivity contribution in [3.05, 3.63) is 45.9 Å². The third kappa shape index (κ3) is 4.80. The molecule has 0 radical (unpaired) electrons. The standard InChI is InChI=1S/C19H24N2O3S/c1-13(2)21(19(23)15-5-6-15)9-14-3-7-17(8-4-14)24-11-18-20-16(10-22)12-25-18/h3-4,7-8,12-13,15,22H,5-6,9-11H2,1-2H3. The van der Waals surface area contributed by atoms with E-state index in [1.807, 2.05) is 34.5 Å². The fourth-order valence-electron chi connectivity index (χ4n) is 2.60. The number of thiazole rings is 1. The van der Waals surface area contributed by atoms with Crippen molar-refractivity contribution in [1.82, 2.24) is 9.88 Å². The lowest BCUT2D eigenvalue weighted by Gasteiger charge is -2.27. The van der Waals surface area contributed by atoms with E-state index in [1.54, 1.807) is 0 Å². The lowest BCUT2D eigenvalue weighted by Crippen LogP contribution is -2.37. The summed E-state index contributed by atoms with van der Waals surface area (Å²) >= 11 is 1.48. The maximum Gasteiger partial charge on any atom is 0.226 e. The molecule has 5 nitrogen and oxygen atoms in total. The number of rotatable bonds is 8. The van der Waals surface area contributed by atoms with Crippen molar-refractivity contribution in [3.63, 3.8) is 0 Å². The summed E-state index contributed by atoms with van der Waals surface area (Å²) in [4.78, 5) is 18.6. The predicted octanol–water partition coefficient (Wildman–Crippen LogP) is 3.36. The minimum Gasteiger partial charge on any atom is -0.486 e. The van der Waals surface area contributed by atoms with Gasteiger partial charge in [0.25, 0.3) is 0 Å². The van der Waals surface area contributed by atoms with Crippen molar-refractivity contribution in [1.29, 1.82) is 0 Å². The second-order valence-electron chi connectivity index (χ2n) is 6.66. The van der Waals surface area contributed by atoms with Gasteiger partial charge in [0.1, 0.15) is 17.4 Å². The highest BCUT2D eigenvalue weighted by molar-refractivity contribution is 7.09. The van der Waals surface area contributed by atoms with Gasteiger partial charge in [-0.15, -0.1) is 11.3 Å². The molecule has 1 amide bonds. The molecule has 1 N–H and O–H groups in total. The normalized spacial score (nSPS) is 13.9. The Morgan fingerprint density at radius 3 is 2.64 bits per heavy atom. The number of aliphatic hydroxyl groups excluding tert-OH is 1. The van der Waals surface area contributed by atoms with Crippen LogP contribution in [0.5, 0.6) is 5.75 Å². The van der Waals surface area contributed by atoms with E-state index < -0.39 is 0 Å². The second-order valence-corrected chi connectivity index (χ2v) is 7.60. The largest absolute Gasteiger partial charge is 0.486 e. The minimum absolute atomic E-state index is 0.0445. The van der Waals surface area contributed by atoms with Gasteiger partial charge in [-0.25, -0.2) is 4.98 Å². The Morgan fingerprint density at radius 2 is 2.08 bits per heavy atom. The first-order valence-corrected chi connectivity index (χ1v) is 9.51. The van der Waals surface area contributed by atoms with Crippen LogP contribution >= 0.6 is 11.3 Å². The van der Waals surface area contributed by atoms with Gasteiger partial charge in [-0.1, -0.05) is 12.1 Å². The van der Waals surface area contributed by atoms with Gasteiger partial charge in [-0.05, 0) is 44.4 Å². The van der Waals surface area contributed by atoms with Crippen LogP contribution in [0.25, 0.3) is 0 Å². The molecule has 1 aromatic carbocycles. The van der Waals surface area contributed by atoms with E-state index in [9.17, 15) is 4.79 Å². The van der Waals surface area contributed by atoms with Gasteiger partial charge < -0.3 is 14.7 Å². The summed E-state index contributed by atoms with van der Waals surface area (Å²) in [6.07, 6.45) is 2.06. The number of nitrogens with zero attached hydrogens (tertiary/aromatic N) is 2. The summed E-state index contributed by atoms with van der Waals surface area (Å²) in [5, 5.41) is 11.7. The van der Waals surface area contributed by atoms with Gasteiger partial charge in [0.2, 0.25) is 5.91 Å². The van der Waals surface area contributed by atoms with Crippen molar-refractivity contribution in [2.75, 3.05) is 0 Å². The number of aliphatic hydroxyl groups is 1. The minimum atomic E-state index is -0.0445. The smallest absolute Gasteiger partial charge is 0.226 e. The number of carbonyl (C=O) groups is 1. The van der Waals surface area contributed by atoms with Crippen molar-refractivity contribution in [2.24, 2.45) is 5.92 Å². The first-order valence-electron chi connectivity index (χ1n) is 8.63. The quantitative estimate of drug-likeness (QED) is 0.784. The fourth-order valence-corrected chi connectivity index (χ4v) is 3.30. The summed E-state index contributed by atoms with van der Waals surface area (Å²) in [6, 6.07) is 8.07. The van der Waals surface area contributed by atoms with Crippen LogP contribution in [0.2, 0.25) is 0 Å². The lowest BCUT2D eigenvalue weighted by atomic mass is 10.1. The first kappa shape index (κ1) is 17.9. The molecule has 1 aliphatic carbocycles. The molecule has 1 heterocycles. The van der Waals surface area contributed by atoms with E-state index in [0.29, 0.717) is 18.8 Å². The number of ether oxygens (including phenoxy) is 1. The number of benzene rings is 1. The van der Waals surface area contributed by atoms with E-state index in [-0.39, 0.29) is 24.5 Å². The van der Waals surface area contributed by atoms with Crippen LogP contribution in [-0.2, 0) is 24.6 Å². The molecule has 25 heavy (non-hydrogen) atoms. The van der Waals surface area contributed by atoms with Gasteiger partial charge in [0.15, 0.2) is 0 Å². The molecule has 0 atom stereocenters. The van der Waals surface area contributed by atoms with Gasteiger partial charge in [0.05, 0.1) is 12.3 Å². The SMILES string of the molecule is CC(C)N(Cc1ccc(OCc2nc(CO)cs2)cc1)C(=O)C1CC1. The van der Waals surface area contributed by atoms with Gasteiger partial charge in [-0.3, -0.25) is 4.79 Å². The Kier molecular flexibility index (Phi) is 5.71. The molecule has 1 fully saturated rings. The molecule has 6 heteroatoms. The van der Waals surface area contributed by atoms with Crippen LogP contribution in [0.1, 0.15) is 43.0 Å². The predicted molar refractivity (Wildman–Crippen MR) is 97.2 cm³/mol. The van der Waals surface area contributed by atoms with Crippen LogP contribution in [0, 0.1) is 5.92 Å². The van der Waals surface area contributed by atoms with Crippen LogP contribution in [0.15, 0.2) is 29.6 Å². The zero-order chi connectivity index (χ0) is 17.8. The zero-order valence-electron chi connectivity index (χ0n) is 14.6. The third-order valence-electron chi connectivity index (χ3n) is 4.23. The number of carbonyl (C=O) groups excluding carboxylic acids is 1. The maximum atomic E-state index is 12.4. The Bertz CT molecular complexity index is 708. The average molecular weight is 360 g/mol. The molecule has 1 saturated carbocycles. The van der Waals surface area contributed by atoms with Crippen molar-refractivity contribution in [3.8, 4) is 5.75 Å². The summed E-state index contributed by atoms with van der Waals surface area (Å²) in [5.74, 6) is 1.29. The highest BCUT2D eigenvalue weighted by atomic mass is 32.1. The molecule has 134 valence electrons. The topological polar surface area (TPSA) is 62.7 Å². The Balaban J connectivity index is 1.56. The lowest BCUT2D eigenvalue weighted by molar-refractivity contribution is -0.134. The molecule has 0 bridgehead atoms. The molecule has 0 spiro atoms. The average Bonchev–Trinajstić information content (AvgIpc) is 3.36. The molecule has 0 unspecified atom stereocenters. The number of amides is 1. The monoisotopic (exact) mass is 360 g/mol. The number of hydrogen-bond acceptors (Lipinski definition) is 5. The van der Waals surface area contributed by atoms with Crippen LogP contribution < -0.4 is 4.74 Å². The Labute approximate surface area is 152 Å². The molecular formula is C19H24N2O3S. The van der Waals surface area contributed by atoms with E-state index in [1.165, 1.54) is 11.3 Å². The van der Waals surface area contributed by atoms with Crippen molar-refractivity contribution < 1.29 is 14.6 Å². The number of hydrogen-bond donors (Lipinski definition) is 1.